The molecule has 0 saturated heterocycles. The first-order chi connectivity index (χ1) is 9.72. The van der Waals surface area contributed by atoms with Crippen molar-refractivity contribution in [1.29, 1.82) is 0 Å². The molecule has 0 aliphatic carbocycles. The maximum Gasteiger partial charge on any atom is 0.254 e. The third-order valence-corrected chi connectivity index (χ3v) is 3.55. The van der Waals surface area contributed by atoms with Gasteiger partial charge in [-0.3, -0.25) is 4.79 Å². The second-order valence-electron chi connectivity index (χ2n) is 4.41. The molecule has 0 bridgehead atoms. The third-order valence-electron chi connectivity index (χ3n) is 2.93. The molecule has 0 fully saturated rings. The zero-order chi connectivity index (χ0) is 14.8. The average Bonchev–Trinajstić information content (AvgIpc) is 2.48. The van der Waals surface area contributed by atoms with Gasteiger partial charge in [-0.25, -0.2) is 0 Å². The number of carbonyl (C=O) groups excluding carboxylic acids is 1. The number of hydrogen-bond acceptors (Lipinski definition) is 4. The molecule has 20 heavy (non-hydrogen) atoms. The highest BCUT2D eigenvalue weighted by molar-refractivity contribution is 7.97. The number of carbonyl (C=O) groups is 1. The summed E-state index contributed by atoms with van der Waals surface area (Å²) in [4.78, 5) is 14.2. The van der Waals surface area contributed by atoms with E-state index in [1.54, 1.807) is 30.9 Å². The molecule has 4 nitrogen and oxygen atoms in total. The van der Waals surface area contributed by atoms with Gasteiger partial charge in [0.2, 0.25) is 0 Å². The summed E-state index contributed by atoms with van der Waals surface area (Å²) in [7, 11) is 3.27. The Morgan fingerprint density at radius 3 is 2.10 bits per heavy atom. The molecule has 0 spiro atoms. The number of benzene rings is 1. The fourth-order valence-corrected chi connectivity index (χ4v) is 2.34. The van der Waals surface area contributed by atoms with Crippen LogP contribution in [0.5, 0.6) is 0 Å². The van der Waals surface area contributed by atoms with Gasteiger partial charge in [0.05, 0.1) is 13.2 Å². The lowest BCUT2D eigenvalue weighted by Crippen LogP contribution is -2.36. The predicted octanol–water partition coefficient (Wildman–Crippen LogP) is 2.28. The molecular formula is C15H23NO3S. The highest BCUT2D eigenvalue weighted by atomic mass is 32.2. The van der Waals surface area contributed by atoms with Crippen LogP contribution in [-0.2, 0) is 15.2 Å². The Bertz CT molecular complexity index is 387. The summed E-state index contributed by atoms with van der Waals surface area (Å²) in [5, 5.41) is 0. The van der Waals surface area contributed by atoms with Crippen molar-refractivity contribution in [2.75, 3.05) is 46.8 Å². The van der Waals surface area contributed by atoms with Crippen LogP contribution < -0.4 is 0 Å². The molecule has 0 atom stereocenters. The molecule has 0 aliphatic heterocycles. The Labute approximate surface area is 125 Å². The summed E-state index contributed by atoms with van der Waals surface area (Å²) >= 11 is 1.77. The molecule has 0 aliphatic rings. The van der Waals surface area contributed by atoms with Gasteiger partial charge in [-0.05, 0) is 24.0 Å². The second-order valence-corrected chi connectivity index (χ2v) is 5.27. The summed E-state index contributed by atoms with van der Waals surface area (Å²) in [5.74, 6) is 0.987. The molecule has 1 amide bonds. The summed E-state index contributed by atoms with van der Waals surface area (Å²) in [6.07, 6.45) is 2.07. The summed E-state index contributed by atoms with van der Waals surface area (Å²) in [5.41, 5.74) is 1.94. The SMILES string of the molecule is COCCN(CCOC)C(=O)c1ccc(CSC)cc1. The molecule has 0 heterocycles. The monoisotopic (exact) mass is 297 g/mol. The van der Waals surface area contributed by atoms with Gasteiger partial charge >= 0.3 is 0 Å². The molecule has 0 unspecified atom stereocenters. The van der Waals surface area contributed by atoms with Crippen molar-refractivity contribution in [1.82, 2.24) is 4.90 Å². The highest BCUT2D eigenvalue weighted by Gasteiger charge is 2.15. The van der Waals surface area contributed by atoms with Crippen LogP contribution in [0.1, 0.15) is 15.9 Å². The van der Waals surface area contributed by atoms with E-state index in [-0.39, 0.29) is 5.91 Å². The number of rotatable bonds is 9. The minimum Gasteiger partial charge on any atom is -0.383 e. The van der Waals surface area contributed by atoms with Crippen LogP contribution in [0.4, 0.5) is 0 Å². The van der Waals surface area contributed by atoms with Crippen LogP contribution in [0.15, 0.2) is 24.3 Å². The van der Waals surface area contributed by atoms with Crippen LogP contribution in [-0.4, -0.2) is 57.6 Å². The summed E-state index contributed by atoms with van der Waals surface area (Å²) in [6, 6.07) is 7.80. The fourth-order valence-electron chi connectivity index (χ4n) is 1.81. The lowest BCUT2D eigenvalue weighted by atomic mass is 10.1. The zero-order valence-electron chi connectivity index (χ0n) is 12.4. The van der Waals surface area contributed by atoms with E-state index in [0.717, 1.165) is 5.75 Å². The maximum atomic E-state index is 12.4. The Hall–Kier alpha value is -1.04. The van der Waals surface area contributed by atoms with Crippen molar-refractivity contribution >= 4 is 17.7 Å². The first-order valence-corrected chi connectivity index (χ1v) is 7.97. The number of amides is 1. The molecule has 1 rings (SSSR count). The van der Waals surface area contributed by atoms with Crippen LogP contribution in [0.25, 0.3) is 0 Å². The van der Waals surface area contributed by atoms with E-state index in [1.165, 1.54) is 5.56 Å². The molecule has 0 saturated carbocycles. The topological polar surface area (TPSA) is 38.8 Å². The van der Waals surface area contributed by atoms with E-state index >= 15 is 0 Å². The van der Waals surface area contributed by atoms with Gasteiger partial charge in [-0.2, -0.15) is 11.8 Å². The minimum absolute atomic E-state index is 0.0230. The number of hydrogen-bond donors (Lipinski definition) is 0. The van der Waals surface area contributed by atoms with Gasteiger partial charge in [0.25, 0.3) is 5.91 Å². The van der Waals surface area contributed by atoms with E-state index in [4.69, 9.17) is 9.47 Å². The molecule has 1 aromatic rings. The Kier molecular flexibility index (Phi) is 8.34. The standard InChI is InChI=1S/C15H23NO3S/c1-18-10-8-16(9-11-19-2)15(17)14-6-4-13(5-7-14)12-20-3/h4-7H,8-12H2,1-3H3. The van der Waals surface area contributed by atoms with E-state index < -0.39 is 0 Å². The van der Waals surface area contributed by atoms with Crippen molar-refractivity contribution < 1.29 is 14.3 Å². The first kappa shape index (κ1) is 17.0. The Morgan fingerprint density at radius 1 is 1.10 bits per heavy atom. The number of thioether (sulfide) groups is 1. The predicted molar refractivity (Wildman–Crippen MR) is 83.3 cm³/mol. The fraction of sp³-hybridized carbons (Fsp3) is 0.533. The van der Waals surface area contributed by atoms with E-state index in [2.05, 4.69) is 6.26 Å². The minimum atomic E-state index is 0.0230. The molecule has 0 radical (unpaired) electrons. The smallest absolute Gasteiger partial charge is 0.254 e. The molecule has 112 valence electrons. The van der Waals surface area contributed by atoms with Crippen LogP contribution in [0.3, 0.4) is 0 Å². The van der Waals surface area contributed by atoms with Crippen LogP contribution in [0.2, 0.25) is 0 Å². The maximum absolute atomic E-state index is 12.4. The zero-order valence-corrected chi connectivity index (χ0v) is 13.2. The van der Waals surface area contributed by atoms with Gasteiger partial charge in [0, 0.05) is 38.6 Å². The van der Waals surface area contributed by atoms with E-state index in [0.29, 0.717) is 31.9 Å². The van der Waals surface area contributed by atoms with Gasteiger partial charge in [-0.1, -0.05) is 12.1 Å². The number of ether oxygens (including phenoxy) is 2. The van der Waals surface area contributed by atoms with Crippen molar-refractivity contribution in [2.24, 2.45) is 0 Å². The summed E-state index contributed by atoms with van der Waals surface area (Å²) < 4.78 is 10.1. The lowest BCUT2D eigenvalue weighted by molar-refractivity contribution is 0.0627. The highest BCUT2D eigenvalue weighted by Crippen LogP contribution is 2.12. The number of nitrogens with zero attached hydrogens (tertiary/aromatic N) is 1. The van der Waals surface area contributed by atoms with Crippen LogP contribution in [0, 0.1) is 0 Å². The van der Waals surface area contributed by atoms with Crippen LogP contribution >= 0.6 is 11.8 Å². The van der Waals surface area contributed by atoms with E-state index in [9.17, 15) is 4.79 Å². The molecule has 5 heteroatoms. The van der Waals surface area contributed by atoms with Crippen molar-refractivity contribution in [3.8, 4) is 0 Å². The van der Waals surface area contributed by atoms with Gasteiger partial charge in [0.1, 0.15) is 0 Å². The molecule has 1 aromatic carbocycles. The Balaban J connectivity index is 2.71. The largest absolute Gasteiger partial charge is 0.383 e. The number of methoxy groups -OCH3 is 2. The molecule has 0 aromatic heterocycles. The average molecular weight is 297 g/mol. The lowest BCUT2D eigenvalue weighted by Gasteiger charge is -2.22. The first-order valence-electron chi connectivity index (χ1n) is 6.58. The summed E-state index contributed by atoms with van der Waals surface area (Å²) in [6.45, 7) is 2.20. The van der Waals surface area contributed by atoms with Gasteiger partial charge < -0.3 is 14.4 Å². The molecule has 0 N–H and O–H groups in total. The molecular weight excluding hydrogens is 274 g/mol. The van der Waals surface area contributed by atoms with E-state index in [1.807, 2.05) is 24.3 Å². The van der Waals surface area contributed by atoms with Gasteiger partial charge in [0.15, 0.2) is 0 Å². The van der Waals surface area contributed by atoms with Crippen molar-refractivity contribution in [3.05, 3.63) is 35.4 Å². The third kappa shape index (κ3) is 5.53. The van der Waals surface area contributed by atoms with Crippen molar-refractivity contribution in [3.63, 3.8) is 0 Å². The van der Waals surface area contributed by atoms with Gasteiger partial charge in [-0.15, -0.1) is 0 Å². The van der Waals surface area contributed by atoms with Crippen molar-refractivity contribution in [2.45, 2.75) is 5.75 Å². The Morgan fingerprint density at radius 2 is 1.65 bits per heavy atom. The quantitative estimate of drug-likeness (QED) is 0.701. The normalized spacial score (nSPS) is 10.6. The second kappa shape index (κ2) is 9.80.